The topological polar surface area (TPSA) is 44.5 Å². The van der Waals surface area contributed by atoms with Crippen LogP contribution in [0.3, 0.4) is 0 Å². The first-order chi connectivity index (χ1) is 7.65. The van der Waals surface area contributed by atoms with E-state index in [1.54, 1.807) is 7.11 Å². The van der Waals surface area contributed by atoms with Gasteiger partial charge in [-0.3, -0.25) is 0 Å². The second kappa shape index (κ2) is 4.44. The lowest BCUT2D eigenvalue weighted by atomic mass is 9.84. The number of benzene rings is 1. The molecule has 0 saturated carbocycles. The second-order valence-electron chi connectivity index (χ2n) is 4.52. The van der Waals surface area contributed by atoms with E-state index in [9.17, 15) is 0 Å². The van der Waals surface area contributed by atoms with Crippen LogP contribution >= 0.6 is 0 Å². The van der Waals surface area contributed by atoms with Crippen molar-refractivity contribution in [2.75, 3.05) is 20.3 Å². The van der Waals surface area contributed by atoms with Gasteiger partial charge < -0.3 is 15.2 Å². The Morgan fingerprint density at radius 3 is 2.88 bits per heavy atom. The molecule has 16 heavy (non-hydrogen) atoms. The predicted molar refractivity (Wildman–Crippen MR) is 63.6 cm³/mol. The number of hydrogen-bond donors (Lipinski definition) is 1. The van der Waals surface area contributed by atoms with Gasteiger partial charge in [0, 0.05) is 12.2 Å². The number of nitrogens with two attached hydrogens (primary N) is 1. The van der Waals surface area contributed by atoms with Gasteiger partial charge in [-0.2, -0.15) is 0 Å². The highest BCUT2D eigenvalue weighted by Gasteiger charge is 2.33. The molecular formula is C13H19NO2. The zero-order valence-corrected chi connectivity index (χ0v) is 9.95. The molecule has 1 atom stereocenters. The first-order valence-electron chi connectivity index (χ1n) is 5.67. The summed E-state index contributed by atoms with van der Waals surface area (Å²) >= 11 is 0. The van der Waals surface area contributed by atoms with Crippen LogP contribution in [0.4, 0.5) is 0 Å². The molecule has 2 N–H and O–H groups in total. The van der Waals surface area contributed by atoms with Crippen molar-refractivity contribution in [1.82, 2.24) is 0 Å². The molecular weight excluding hydrogens is 202 g/mol. The van der Waals surface area contributed by atoms with Crippen LogP contribution in [0.25, 0.3) is 0 Å². The van der Waals surface area contributed by atoms with E-state index in [1.165, 1.54) is 5.56 Å². The smallest absolute Gasteiger partial charge is 0.124 e. The van der Waals surface area contributed by atoms with Crippen molar-refractivity contribution < 1.29 is 9.47 Å². The van der Waals surface area contributed by atoms with Gasteiger partial charge in [-0.15, -0.1) is 0 Å². The predicted octanol–water partition coefficient (Wildman–Crippen LogP) is 1.97. The maximum atomic E-state index is 6.42. The second-order valence-corrected chi connectivity index (χ2v) is 4.52. The Kier molecular flexibility index (Phi) is 3.17. The minimum Gasteiger partial charge on any atom is -0.496 e. The van der Waals surface area contributed by atoms with Crippen molar-refractivity contribution >= 4 is 0 Å². The molecule has 3 heteroatoms. The van der Waals surface area contributed by atoms with Crippen molar-refractivity contribution in [2.45, 2.75) is 25.3 Å². The fourth-order valence-corrected chi connectivity index (χ4v) is 2.24. The third-order valence-electron chi connectivity index (χ3n) is 3.16. The van der Waals surface area contributed by atoms with Crippen LogP contribution in [0.2, 0.25) is 0 Å². The average molecular weight is 221 g/mol. The molecule has 0 bridgehead atoms. The first kappa shape index (κ1) is 11.4. The van der Waals surface area contributed by atoms with E-state index in [2.05, 4.69) is 13.0 Å². The largest absolute Gasteiger partial charge is 0.496 e. The highest BCUT2D eigenvalue weighted by Crippen LogP contribution is 2.34. The summed E-state index contributed by atoms with van der Waals surface area (Å²) in [6.07, 6.45) is 1.96. The van der Waals surface area contributed by atoms with Crippen molar-refractivity contribution in [2.24, 2.45) is 5.73 Å². The monoisotopic (exact) mass is 221 g/mol. The van der Waals surface area contributed by atoms with E-state index >= 15 is 0 Å². The summed E-state index contributed by atoms with van der Waals surface area (Å²) in [5.41, 5.74) is 8.29. The minimum atomic E-state index is -0.393. The molecule has 0 aliphatic carbocycles. The highest BCUT2D eigenvalue weighted by atomic mass is 16.5. The molecule has 88 valence electrons. The van der Waals surface area contributed by atoms with E-state index < -0.39 is 5.54 Å². The Hall–Kier alpha value is -1.06. The number of ether oxygens (including phenoxy) is 2. The summed E-state index contributed by atoms with van der Waals surface area (Å²) in [5.74, 6) is 0.860. The number of methoxy groups -OCH3 is 1. The fraction of sp³-hybridized carbons (Fsp3) is 0.538. The van der Waals surface area contributed by atoms with Gasteiger partial charge >= 0.3 is 0 Å². The molecule has 0 spiro atoms. The van der Waals surface area contributed by atoms with Gasteiger partial charge in [-0.1, -0.05) is 17.7 Å². The molecule has 1 fully saturated rings. The standard InChI is InChI=1S/C13H19NO2/c1-10-4-5-12(15-2)11(8-10)13(14)6-3-7-16-9-13/h4-5,8H,3,6-7,9,14H2,1-2H3. The lowest BCUT2D eigenvalue weighted by molar-refractivity contribution is 0.0357. The van der Waals surface area contributed by atoms with Gasteiger partial charge in [0.05, 0.1) is 19.3 Å². The van der Waals surface area contributed by atoms with Crippen LogP contribution in [0.1, 0.15) is 24.0 Å². The van der Waals surface area contributed by atoms with E-state index in [0.29, 0.717) is 6.61 Å². The maximum absolute atomic E-state index is 6.42. The normalized spacial score (nSPS) is 25.4. The minimum absolute atomic E-state index is 0.393. The molecule has 0 aromatic heterocycles. The molecule has 1 aromatic carbocycles. The Bertz CT molecular complexity index is 370. The molecule has 2 rings (SSSR count). The number of hydrogen-bond acceptors (Lipinski definition) is 3. The molecule has 0 amide bonds. The van der Waals surface area contributed by atoms with Crippen molar-refractivity contribution in [3.63, 3.8) is 0 Å². The molecule has 3 nitrogen and oxygen atoms in total. The molecule has 1 aromatic rings. The van der Waals surface area contributed by atoms with Crippen LogP contribution in [0, 0.1) is 6.92 Å². The lowest BCUT2D eigenvalue weighted by Crippen LogP contribution is -2.44. The zero-order chi connectivity index (χ0) is 11.6. The Morgan fingerprint density at radius 1 is 1.44 bits per heavy atom. The van der Waals surface area contributed by atoms with Gasteiger partial charge in [-0.05, 0) is 25.8 Å². The Morgan fingerprint density at radius 2 is 2.25 bits per heavy atom. The fourth-order valence-electron chi connectivity index (χ4n) is 2.24. The summed E-state index contributed by atoms with van der Waals surface area (Å²) in [6.45, 7) is 3.45. The summed E-state index contributed by atoms with van der Waals surface area (Å²) in [7, 11) is 1.68. The SMILES string of the molecule is COc1ccc(C)cc1C1(N)CCCOC1. The number of rotatable bonds is 2. The van der Waals surface area contributed by atoms with Crippen LogP contribution in [-0.4, -0.2) is 20.3 Å². The summed E-state index contributed by atoms with van der Waals surface area (Å²) in [4.78, 5) is 0. The van der Waals surface area contributed by atoms with Gasteiger partial charge in [0.1, 0.15) is 5.75 Å². The van der Waals surface area contributed by atoms with Crippen molar-refractivity contribution in [3.8, 4) is 5.75 Å². The van der Waals surface area contributed by atoms with Crippen molar-refractivity contribution in [1.29, 1.82) is 0 Å². The van der Waals surface area contributed by atoms with Crippen LogP contribution in [0.5, 0.6) is 5.75 Å². The van der Waals surface area contributed by atoms with Crippen LogP contribution in [0.15, 0.2) is 18.2 Å². The Labute approximate surface area is 96.5 Å². The molecule has 1 heterocycles. The van der Waals surface area contributed by atoms with Gasteiger partial charge in [0.2, 0.25) is 0 Å². The third kappa shape index (κ3) is 2.06. The molecule has 1 saturated heterocycles. The zero-order valence-electron chi connectivity index (χ0n) is 9.95. The number of aryl methyl sites for hydroxylation is 1. The summed E-state index contributed by atoms with van der Waals surface area (Å²) in [5, 5.41) is 0. The Balaban J connectivity index is 2.40. The van der Waals surface area contributed by atoms with Crippen molar-refractivity contribution in [3.05, 3.63) is 29.3 Å². The third-order valence-corrected chi connectivity index (χ3v) is 3.16. The van der Waals surface area contributed by atoms with E-state index in [-0.39, 0.29) is 0 Å². The van der Waals surface area contributed by atoms with Gasteiger partial charge in [0.25, 0.3) is 0 Å². The first-order valence-corrected chi connectivity index (χ1v) is 5.67. The maximum Gasteiger partial charge on any atom is 0.124 e. The molecule has 0 radical (unpaired) electrons. The summed E-state index contributed by atoms with van der Waals surface area (Å²) < 4.78 is 10.9. The lowest BCUT2D eigenvalue weighted by Gasteiger charge is -2.34. The van der Waals surface area contributed by atoms with Crippen LogP contribution < -0.4 is 10.5 Å². The molecule has 1 unspecified atom stereocenters. The van der Waals surface area contributed by atoms with E-state index in [0.717, 1.165) is 30.8 Å². The highest BCUT2D eigenvalue weighted by molar-refractivity contribution is 5.42. The molecule has 1 aliphatic rings. The van der Waals surface area contributed by atoms with E-state index in [4.69, 9.17) is 15.2 Å². The van der Waals surface area contributed by atoms with Gasteiger partial charge in [-0.25, -0.2) is 0 Å². The quantitative estimate of drug-likeness (QED) is 0.830. The van der Waals surface area contributed by atoms with Gasteiger partial charge in [0.15, 0.2) is 0 Å². The average Bonchev–Trinajstić information content (AvgIpc) is 2.30. The van der Waals surface area contributed by atoms with Crippen LogP contribution in [-0.2, 0) is 10.3 Å². The molecule has 1 aliphatic heterocycles. The summed E-state index contributed by atoms with van der Waals surface area (Å²) in [6, 6.07) is 6.12. The van der Waals surface area contributed by atoms with E-state index in [1.807, 2.05) is 12.1 Å².